The Balaban J connectivity index is 1.77. The molecular weight excluding hydrogens is 310 g/mol. The fourth-order valence-electron chi connectivity index (χ4n) is 2.19. The topological polar surface area (TPSA) is 91.6 Å². The zero-order valence-corrected chi connectivity index (χ0v) is 14.1. The van der Waals surface area contributed by atoms with Gasteiger partial charge in [0, 0.05) is 38.8 Å². The van der Waals surface area contributed by atoms with E-state index in [1.165, 1.54) is 6.20 Å². The lowest BCUT2D eigenvalue weighted by molar-refractivity contribution is 0.151. The molecule has 0 saturated carbocycles. The van der Waals surface area contributed by atoms with Crippen molar-refractivity contribution in [3.63, 3.8) is 0 Å². The molecule has 1 fully saturated rings. The van der Waals surface area contributed by atoms with E-state index in [0.29, 0.717) is 5.13 Å². The Bertz CT molecular complexity index is 552. The number of nitrogens with two attached hydrogens (primary N) is 1. The highest BCUT2D eigenvalue weighted by atomic mass is 32.2. The molecule has 2 heterocycles. The number of sulfonamides is 1. The quantitative estimate of drug-likeness (QED) is 0.774. The summed E-state index contributed by atoms with van der Waals surface area (Å²) in [4.78, 5) is 8.85. The van der Waals surface area contributed by atoms with Crippen LogP contribution in [0.2, 0.25) is 0 Å². The molecule has 1 aromatic heterocycles. The number of nitrogens with one attached hydrogen (secondary N) is 1. The van der Waals surface area contributed by atoms with Gasteiger partial charge in [0.25, 0.3) is 0 Å². The summed E-state index contributed by atoms with van der Waals surface area (Å²) < 4.78 is 22.5. The number of piperazine rings is 1. The summed E-state index contributed by atoms with van der Waals surface area (Å²) in [6, 6.07) is 0.240. The zero-order chi connectivity index (χ0) is 15.5. The first-order valence-electron chi connectivity index (χ1n) is 7.00. The third-order valence-electron chi connectivity index (χ3n) is 3.61. The monoisotopic (exact) mass is 333 g/mol. The minimum atomic E-state index is -3.65. The summed E-state index contributed by atoms with van der Waals surface area (Å²) in [5.41, 5.74) is 0. The standard InChI is InChI=1S/C12H23N5O2S2/c1-10(3-4-17-7-5-16(2)6-8-17)15-12-14-9-11(20-12)21(13,18)19/h9-10H,3-8H2,1-2H3,(H,14,15)(H2,13,18,19). The third kappa shape index (κ3) is 5.19. The molecule has 1 aromatic rings. The van der Waals surface area contributed by atoms with Crippen LogP contribution in [0.25, 0.3) is 0 Å². The van der Waals surface area contributed by atoms with Crippen molar-refractivity contribution in [1.82, 2.24) is 14.8 Å². The van der Waals surface area contributed by atoms with Gasteiger partial charge in [-0.1, -0.05) is 11.3 Å². The average Bonchev–Trinajstić information content (AvgIpc) is 2.86. The summed E-state index contributed by atoms with van der Waals surface area (Å²) in [7, 11) is -1.50. The van der Waals surface area contributed by atoms with Gasteiger partial charge in [-0.05, 0) is 20.4 Å². The normalized spacial score (nSPS) is 19.6. The Morgan fingerprint density at radius 2 is 2.10 bits per heavy atom. The molecule has 120 valence electrons. The molecule has 0 amide bonds. The van der Waals surface area contributed by atoms with E-state index in [4.69, 9.17) is 5.14 Å². The van der Waals surface area contributed by atoms with Crippen molar-refractivity contribution in [1.29, 1.82) is 0 Å². The minimum Gasteiger partial charge on any atom is -0.359 e. The van der Waals surface area contributed by atoms with E-state index in [0.717, 1.165) is 50.5 Å². The SMILES string of the molecule is CC(CCN1CCN(C)CC1)Nc1ncc(S(N)(=O)=O)s1. The second kappa shape index (κ2) is 7.01. The van der Waals surface area contributed by atoms with Crippen LogP contribution in [0.5, 0.6) is 0 Å². The van der Waals surface area contributed by atoms with Gasteiger partial charge in [-0.25, -0.2) is 18.5 Å². The summed E-state index contributed by atoms with van der Waals surface area (Å²) >= 11 is 1.07. The lowest BCUT2D eigenvalue weighted by Crippen LogP contribution is -2.45. The largest absolute Gasteiger partial charge is 0.359 e. The zero-order valence-electron chi connectivity index (χ0n) is 12.4. The van der Waals surface area contributed by atoms with Crippen LogP contribution in [0.3, 0.4) is 0 Å². The molecular formula is C12H23N5O2S2. The molecule has 2 rings (SSSR count). The van der Waals surface area contributed by atoms with Crippen molar-refractivity contribution >= 4 is 26.5 Å². The molecule has 1 atom stereocenters. The summed E-state index contributed by atoms with van der Waals surface area (Å²) in [6.45, 7) is 7.56. The predicted molar refractivity (Wildman–Crippen MR) is 85.1 cm³/mol. The van der Waals surface area contributed by atoms with Crippen LogP contribution in [0.1, 0.15) is 13.3 Å². The number of thiazole rings is 1. The molecule has 3 N–H and O–H groups in total. The number of rotatable bonds is 6. The van der Waals surface area contributed by atoms with E-state index < -0.39 is 10.0 Å². The van der Waals surface area contributed by atoms with Crippen LogP contribution in [-0.2, 0) is 10.0 Å². The molecule has 1 unspecified atom stereocenters. The Morgan fingerprint density at radius 3 is 2.67 bits per heavy atom. The summed E-state index contributed by atoms with van der Waals surface area (Å²) in [5, 5.41) is 8.91. The fourth-order valence-corrected chi connectivity index (χ4v) is 3.75. The second-order valence-corrected chi connectivity index (χ2v) is 8.33. The highest BCUT2D eigenvalue weighted by molar-refractivity contribution is 7.91. The first-order chi connectivity index (χ1) is 9.84. The van der Waals surface area contributed by atoms with Crippen LogP contribution in [0, 0.1) is 0 Å². The van der Waals surface area contributed by atoms with Gasteiger partial charge in [0.2, 0.25) is 10.0 Å². The number of hydrogen-bond donors (Lipinski definition) is 2. The molecule has 1 saturated heterocycles. The van der Waals surface area contributed by atoms with Crippen molar-refractivity contribution in [2.45, 2.75) is 23.6 Å². The van der Waals surface area contributed by atoms with E-state index in [2.05, 4.69) is 34.1 Å². The lowest BCUT2D eigenvalue weighted by atomic mass is 10.2. The molecule has 21 heavy (non-hydrogen) atoms. The van der Waals surface area contributed by atoms with Gasteiger partial charge in [-0.2, -0.15) is 0 Å². The van der Waals surface area contributed by atoms with E-state index in [1.807, 2.05) is 0 Å². The Kier molecular flexibility index (Phi) is 5.55. The van der Waals surface area contributed by atoms with E-state index in [9.17, 15) is 8.42 Å². The van der Waals surface area contributed by atoms with Gasteiger partial charge < -0.3 is 15.1 Å². The van der Waals surface area contributed by atoms with Crippen molar-refractivity contribution in [3.05, 3.63) is 6.20 Å². The van der Waals surface area contributed by atoms with Crippen LogP contribution >= 0.6 is 11.3 Å². The van der Waals surface area contributed by atoms with Gasteiger partial charge in [0.1, 0.15) is 0 Å². The van der Waals surface area contributed by atoms with Gasteiger partial charge in [0.15, 0.2) is 9.34 Å². The Morgan fingerprint density at radius 1 is 1.43 bits per heavy atom. The molecule has 0 aliphatic carbocycles. The first-order valence-corrected chi connectivity index (χ1v) is 9.37. The number of hydrogen-bond acceptors (Lipinski definition) is 7. The number of nitrogens with zero attached hydrogens (tertiary/aromatic N) is 3. The van der Waals surface area contributed by atoms with Gasteiger partial charge in [0.05, 0.1) is 6.20 Å². The molecule has 0 bridgehead atoms. The molecule has 1 aliphatic rings. The maximum Gasteiger partial charge on any atom is 0.249 e. The Labute approximate surface area is 130 Å². The number of primary sulfonamides is 1. The van der Waals surface area contributed by atoms with Crippen LogP contribution in [0.4, 0.5) is 5.13 Å². The smallest absolute Gasteiger partial charge is 0.249 e. The highest BCUT2D eigenvalue weighted by Crippen LogP contribution is 2.22. The third-order valence-corrected chi connectivity index (χ3v) is 5.95. The fraction of sp³-hybridized carbons (Fsp3) is 0.750. The predicted octanol–water partition coefficient (Wildman–Crippen LogP) is 0.228. The summed E-state index contributed by atoms with van der Waals surface area (Å²) in [5.74, 6) is 0. The lowest BCUT2D eigenvalue weighted by Gasteiger charge is -2.32. The summed E-state index contributed by atoms with van der Waals surface area (Å²) in [6.07, 6.45) is 2.30. The van der Waals surface area contributed by atoms with Crippen molar-refractivity contribution in [2.24, 2.45) is 5.14 Å². The van der Waals surface area contributed by atoms with E-state index in [1.54, 1.807) is 0 Å². The Hall–Kier alpha value is -0.740. The van der Waals surface area contributed by atoms with Crippen LogP contribution < -0.4 is 10.5 Å². The molecule has 0 spiro atoms. The number of likely N-dealkylation sites (N-methyl/N-ethyl adjacent to an activating group) is 1. The maximum absolute atomic E-state index is 11.2. The number of anilines is 1. The van der Waals surface area contributed by atoms with Crippen molar-refractivity contribution in [3.8, 4) is 0 Å². The molecule has 1 aliphatic heterocycles. The molecule has 0 aromatic carbocycles. The van der Waals surface area contributed by atoms with Crippen molar-refractivity contribution < 1.29 is 8.42 Å². The van der Waals surface area contributed by atoms with E-state index in [-0.39, 0.29) is 10.3 Å². The molecule has 9 heteroatoms. The van der Waals surface area contributed by atoms with Crippen LogP contribution in [-0.4, -0.2) is 69.0 Å². The first kappa shape index (κ1) is 16.6. The molecule has 7 nitrogen and oxygen atoms in total. The highest BCUT2D eigenvalue weighted by Gasteiger charge is 2.16. The minimum absolute atomic E-state index is 0.0938. The van der Waals surface area contributed by atoms with Crippen molar-refractivity contribution in [2.75, 3.05) is 45.1 Å². The van der Waals surface area contributed by atoms with Gasteiger partial charge in [-0.15, -0.1) is 0 Å². The van der Waals surface area contributed by atoms with Gasteiger partial charge in [-0.3, -0.25) is 0 Å². The van der Waals surface area contributed by atoms with Crippen LogP contribution in [0.15, 0.2) is 10.4 Å². The van der Waals surface area contributed by atoms with Gasteiger partial charge >= 0.3 is 0 Å². The van der Waals surface area contributed by atoms with E-state index >= 15 is 0 Å². The molecule has 0 radical (unpaired) electrons. The maximum atomic E-state index is 11.2. The average molecular weight is 333 g/mol. The number of aromatic nitrogens is 1. The second-order valence-electron chi connectivity index (χ2n) is 5.51.